The van der Waals surface area contributed by atoms with Gasteiger partial charge in [0.15, 0.2) is 0 Å². The molecule has 186 valence electrons. The van der Waals surface area contributed by atoms with Crippen LogP contribution in [0.1, 0.15) is 43.9 Å². The number of carbonyl (C=O) groups excluding carboxylic acids is 2. The van der Waals surface area contributed by atoms with E-state index >= 15 is 0 Å². The van der Waals surface area contributed by atoms with Gasteiger partial charge in [-0.15, -0.1) is 0 Å². The summed E-state index contributed by atoms with van der Waals surface area (Å²) in [5.74, 6) is -0.737. The van der Waals surface area contributed by atoms with E-state index in [1.54, 1.807) is 25.1 Å². The smallest absolute Gasteiger partial charge is 0.244 e. The van der Waals surface area contributed by atoms with Crippen molar-refractivity contribution in [2.45, 2.75) is 59.7 Å². The van der Waals surface area contributed by atoms with E-state index in [0.29, 0.717) is 5.69 Å². The quantitative estimate of drug-likeness (QED) is 0.480. The zero-order valence-electron chi connectivity index (χ0n) is 20.6. The van der Waals surface area contributed by atoms with Crippen molar-refractivity contribution in [3.05, 3.63) is 63.6 Å². The molecule has 0 radical (unpaired) electrons. The monoisotopic (exact) mass is 551 g/mol. The number of sulfonamides is 1. The first-order valence-corrected chi connectivity index (χ1v) is 13.9. The number of benzene rings is 2. The van der Waals surface area contributed by atoms with Crippen LogP contribution in [0.3, 0.4) is 0 Å². The van der Waals surface area contributed by atoms with Gasteiger partial charge in [0.05, 0.1) is 11.9 Å². The summed E-state index contributed by atoms with van der Waals surface area (Å²) in [6, 6.07) is 12.0. The molecule has 34 heavy (non-hydrogen) atoms. The molecule has 1 N–H and O–H groups in total. The maximum absolute atomic E-state index is 13.5. The van der Waals surface area contributed by atoms with Crippen LogP contribution in [0.5, 0.6) is 0 Å². The highest BCUT2D eigenvalue weighted by molar-refractivity contribution is 9.10. The molecule has 2 atom stereocenters. The van der Waals surface area contributed by atoms with Crippen LogP contribution >= 0.6 is 15.9 Å². The standard InChI is InChI=1S/C25H34BrN3O4S/c1-7-19(4)27-25(31)20(5)28(15-21-10-8-17(2)9-11-21)24(30)16-29(34(6,32)33)22-12-13-23(26)18(3)14-22/h8-14,19-20H,7,15-16H2,1-6H3,(H,27,31). The van der Waals surface area contributed by atoms with E-state index < -0.39 is 28.5 Å². The van der Waals surface area contributed by atoms with Crippen molar-refractivity contribution in [3.8, 4) is 0 Å². The zero-order valence-corrected chi connectivity index (χ0v) is 23.0. The number of rotatable bonds is 10. The fourth-order valence-electron chi connectivity index (χ4n) is 3.34. The predicted molar refractivity (Wildman–Crippen MR) is 140 cm³/mol. The van der Waals surface area contributed by atoms with Crippen LogP contribution in [-0.2, 0) is 26.2 Å². The van der Waals surface area contributed by atoms with E-state index in [-0.39, 0.29) is 18.5 Å². The number of carbonyl (C=O) groups is 2. The van der Waals surface area contributed by atoms with Crippen LogP contribution in [0, 0.1) is 13.8 Å². The maximum atomic E-state index is 13.5. The first-order chi connectivity index (χ1) is 15.8. The van der Waals surface area contributed by atoms with E-state index in [1.807, 2.05) is 52.0 Å². The number of nitrogens with one attached hydrogen (secondary N) is 1. The maximum Gasteiger partial charge on any atom is 0.244 e. The molecule has 0 aliphatic rings. The molecule has 9 heteroatoms. The average molecular weight is 553 g/mol. The van der Waals surface area contributed by atoms with Gasteiger partial charge in [-0.1, -0.05) is 52.7 Å². The van der Waals surface area contributed by atoms with Crippen LogP contribution < -0.4 is 9.62 Å². The second-order valence-electron chi connectivity index (χ2n) is 8.70. The molecule has 2 aromatic carbocycles. The van der Waals surface area contributed by atoms with E-state index in [0.717, 1.165) is 38.1 Å². The van der Waals surface area contributed by atoms with Gasteiger partial charge >= 0.3 is 0 Å². The van der Waals surface area contributed by atoms with E-state index in [2.05, 4.69) is 21.2 Å². The highest BCUT2D eigenvalue weighted by Gasteiger charge is 2.30. The molecule has 0 bridgehead atoms. The summed E-state index contributed by atoms with van der Waals surface area (Å²) in [4.78, 5) is 27.9. The number of hydrogen-bond acceptors (Lipinski definition) is 4. The number of anilines is 1. The highest BCUT2D eigenvalue weighted by atomic mass is 79.9. The van der Waals surface area contributed by atoms with Gasteiger partial charge in [-0.3, -0.25) is 13.9 Å². The van der Waals surface area contributed by atoms with E-state index in [9.17, 15) is 18.0 Å². The molecule has 2 aromatic rings. The Morgan fingerprint density at radius 3 is 2.21 bits per heavy atom. The molecule has 0 saturated carbocycles. The number of aryl methyl sites for hydroxylation is 2. The first-order valence-electron chi connectivity index (χ1n) is 11.2. The summed E-state index contributed by atoms with van der Waals surface area (Å²) in [6.45, 7) is 9.13. The largest absolute Gasteiger partial charge is 0.352 e. The highest BCUT2D eigenvalue weighted by Crippen LogP contribution is 2.25. The Morgan fingerprint density at radius 2 is 1.68 bits per heavy atom. The third kappa shape index (κ3) is 7.56. The Balaban J connectivity index is 2.39. The second-order valence-corrected chi connectivity index (χ2v) is 11.5. The van der Waals surface area contributed by atoms with Gasteiger partial charge in [0.2, 0.25) is 21.8 Å². The molecular formula is C25H34BrN3O4S. The van der Waals surface area contributed by atoms with Crippen LogP contribution in [-0.4, -0.2) is 50.0 Å². The number of amides is 2. The lowest BCUT2D eigenvalue weighted by Crippen LogP contribution is -2.52. The number of halogens is 1. The molecule has 2 amide bonds. The molecule has 0 heterocycles. The first kappa shape index (κ1) is 27.9. The third-order valence-electron chi connectivity index (χ3n) is 5.75. The Labute approximate surface area is 211 Å². The molecular weight excluding hydrogens is 518 g/mol. The van der Waals surface area contributed by atoms with Crippen molar-refractivity contribution >= 4 is 43.5 Å². The van der Waals surface area contributed by atoms with Crippen molar-refractivity contribution in [3.63, 3.8) is 0 Å². The minimum Gasteiger partial charge on any atom is -0.352 e. The van der Waals surface area contributed by atoms with Crippen molar-refractivity contribution in [1.29, 1.82) is 0 Å². The fourth-order valence-corrected chi connectivity index (χ4v) is 4.42. The molecule has 2 unspecified atom stereocenters. The fraction of sp³-hybridized carbons (Fsp3) is 0.440. The summed E-state index contributed by atoms with van der Waals surface area (Å²) in [7, 11) is -3.75. The van der Waals surface area contributed by atoms with Crippen molar-refractivity contribution in [2.75, 3.05) is 17.1 Å². The number of nitrogens with zero attached hydrogens (tertiary/aromatic N) is 2. The molecule has 0 aliphatic heterocycles. The van der Waals surface area contributed by atoms with Crippen LogP contribution in [0.25, 0.3) is 0 Å². The summed E-state index contributed by atoms with van der Waals surface area (Å²) in [5.41, 5.74) is 3.17. The Morgan fingerprint density at radius 1 is 1.06 bits per heavy atom. The summed E-state index contributed by atoms with van der Waals surface area (Å²) in [6.07, 6.45) is 1.83. The van der Waals surface area contributed by atoms with Gasteiger partial charge in [-0.05, 0) is 63.4 Å². The molecule has 2 rings (SSSR count). The summed E-state index contributed by atoms with van der Waals surface area (Å²) >= 11 is 3.42. The van der Waals surface area contributed by atoms with E-state index in [4.69, 9.17) is 0 Å². The summed E-state index contributed by atoms with van der Waals surface area (Å²) < 4.78 is 27.2. The lowest BCUT2D eigenvalue weighted by Gasteiger charge is -2.32. The minimum atomic E-state index is -3.75. The van der Waals surface area contributed by atoms with Gasteiger partial charge in [0, 0.05) is 17.1 Å². The topological polar surface area (TPSA) is 86.8 Å². The van der Waals surface area contributed by atoms with Gasteiger partial charge < -0.3 is 10.2 Å². The predicted octanol–water partition coefficient (Wildman–Crippen LogP) is 4.16. The molecule has 7 nitrogen and oxygen atoms in total. The van der Waals surface area contributed by atoms with Gasteiger partial charge in [-0.2, -0.15) is 0 Å². The van der Waals surface area contributed by atoms with Gasteiger partial charge in [-0.25, -0.2) is 8.42 Å². The van der Waals surface area contributed by atoms with Gasteiger partial charge in [0.1, 0.15) is 12.6 Å². The lowest BCUT2D eigenvalue weighted by atomic mass is 10.1. The summed E-state index contributed by atoms with van der Waals surface area (Å²) in [5, 5.41) is 2.92. The van der Waals surface area contributed by atoms with E-state index in [1.165, 1.54) is 4.90 Å². The van der Waals surface area contributed by atoms with Crippen molar-refractivity contribution < 1.29 is 18.0 Å². The third-order valence-corrected chi connectivity index (χ3v) is 7.78. The second kappa shape index (κ2) is 11.8. The molecule has 0 saturated heterocycles. The van der Waals surface area contributed by atoms with Crippen molar-refractivity contribution in [1.82, 2.24) is 10.2 Å². The lowest BCUT2D eigenvalue weighted by molar-refractivity contribution is -0.139. The minimum absolute atomic E-state index is 0.0375. The van der Waals surface area contributed by atoms with Crippen LogP contribution in [0.15, 0.2) is 46.9 Å². The molecule has 0 aliphatic carbocycles. The molecule has 0 spiro atoms. The average Bonchev–Trinajstić information content (AvgIpc) is 2.77. The van der Waals surface area contributed by atoms with Crippen LogP contribution in [0.4, 0.5) is 5.69 Å². The van der Waals surface area contributed by atoms with Gasteiger partial charge in [0.25, 0.3) is 0 Å². The number of hydrogen-bond donors (Lipinski definition) is 1. The van der Waals surface area contributed by atoms with Crippen LogP contribution in [0.2, 0.25) is 0 Å². The normalized spacial score (nSPS) is 13.1. The Bertz CT molecular complexity index is 1120. The Kier molecular flexibility index (Phi) is 9.70. The zero-order chi connectivity index (χ0) is 25.6. The molecule has 0 fully saturated rings. The Hall–Kier alpha value is -2.39. The SMILES string of the molecule is CCC(C)NC(=O)C(C)N(Cc1ccc(C)cc1)C(=O)CN(c1ccc(Br)c(C)c1)S(C)(=O)=O. The van der Waals surface area contributed by atoms with Crippen molar-refractivity contribution in [2.24, 2.45) is 0 Å². The molecule has 0 aromatic heterocycles.